The molecule has 0 saturated carbocycles. The molecule has 0 atom stereocenters. The molecule has 0 aliphatic rings. The van der Waals surface area contributed by atoms with Crippen LogP contribution in [0.25, 0.3) is 6.08 Å². The van der Waals surface area contributed by atoms with Gasteiger partial charge in [-0.15, -0.1) is 0 Å². The summed E-state index contributed by atoms with van der Waals surface area (Å²) in [5.74, 6) is 1.91. The summed E-state index contributed by atoms with van der Waals surface area (Å²) in [4.78, 5) is 0. The molecule has 0 aliphatic heterocycles. The molecule has 0 radical (unpaired) electrons. The summed E-state index contributed by atoms with van der Waals surface area (Å²) in [6.07, 6.45) is 3.18. The van der Waals surface area contributed by atoms with Crippen molar-refractivity contribution < 1.29 is 4.42 Å². The van der Waals surface area contributed by atoms with Crippen molar-refractivity contribution in [2.45, 2.75) is 46.6 Å². The first kappa shape index (κ1) is 13.0. The molecule has 0 aliphatic carbocycles. The van der Waals surface area contributed by atoms with E-state index in [1.54, 1.807) is 0 Å². The first-order valence-corrected chi connectivity index (χ1v) is 5.91. The lowest BCUT2D eigenvalue weighted by Crippen LogP contribution is -2.36. The second kappa shape index (κ2) is 5.35. The van der Waals surface area contributed by atoms with Crippen LogP contribution in [-0.4, -0.2) is 12.1 Å². The van der Waals surface area contributed by atoms with Crippen molar-refractivity contribution >= 4 is 6.08 Å². The Morgan fingerprint density at radius 1 is 1.38 bits per heavy atom. The van der Waals surface area contributed by atoms with E-state index >= 15 is 0 Å². The largest absolute Gasteiger partial charge is 0.462 e. The molecule has 1 N–H and O–H groups in total. The Hall–Kier alpha value is -1.02. The Balaban J connectivity index is 2.64. The first-order chi connectivity index (χ1) is 7.40. The van der Waals surface area contributed by atoms with E-state index in [0.29, 0.717) is 0 Å². The maximum absolute atomic E-state index is 5.54. The number of aryl methyl sites for hydroxylation is 1. The summed E-state index contributed by atoms with van der Waals surface area (Å²) >= 11 is 0. The van der Waals surface area contributed by atoms with Crippen LogP contribution >= 0.6 is 0 Å². The van der Waals surface area contributed by atoms with Crippen LogP contribution in [0.5, 0.6) is 0 Å². The zero-order valence-corrected chi connectivity index (χ0v) is 11.1. The predicted molar refractivity (Wildman–Crippen MR) is 69.5 cm³/mol. The maximum Gasteiger partial charge on any atom is 0.127 e. The fraction of sp³-hybridized carbons (Fsp3) is 0.571. The highest BCUT2D eigenvalue weighted by Gasteiger charge is 2.09. The van der Waals surface area contributed by atoms with E-state index in [1.807, 2.05) is 19.1 Å². The van der Waals surface area contributed by atoms with Gasteiger partial charge < -0.3 is 9.73 Å². The molecule has 0 fully saturated rings. The van der Waals surface area contributed by atoms with E-state index in [4.69, 9.17) is 4.42 Å². The van der Waals surface area contributed by atoms with Gasteiger partial charge in [0.15, 0.2) is 0 Å². The fourth-order valence-corrected chi connectivity index (χ4v) is 1.39. The van der Waals surface area contributed by atoms with Crippen molar-refractivity contribution in [2.75, 3.05) is 6.54 Å². The van der Waals surface area contributed by atoms with Crippen molar-refractivity contribution in [1.82, 2.24) is 5.32 Å². The van der Waals surface area contributed by atoms with Crippen molar-refractivity contribution in [3.8, 4) is 0 Å². The lowest BCUT2D eigenvalue weighted by Gasteiger charge is -2.21. The standard InChI is InChI=1S/C14H23NO/c1-6-12(10-15-14(3,4)5)9-13-8-7-11(2)16-13/h7-9,15H,6,10H2,1-5H3. The van der Waals surface area contributed by atoms with Gasteiger partial charge in [0.2, 0.25) is 0 Å². The summed E-state index contributed by atoms with van der Waals surface area (Å²) in [7, 11) is 0. The molecule has 1 aromatic rings. The average Bonchev–Trinajstić information content (AvgIpc) is 2.57. The second-order valence-corrected chi connectivity index (χ2v) is 5.21. The number of hydrogen-bond acceptors (Lipinski definition) is 2. The van der Waals surface area contributed by atoms with E-state index in [-0.39, 0.29) is 5.54 Å². The van der Waals surface area contributed by atoms with Crippen molar-refractivity contribution in [3.05, 3.63) is 29.2 Å². The third-order valence-corrected chi connectivity index (χ3v) is 2.41. The summed E-state index contributed by atoms with van der Waals surface area (Å²) in [6.45, 7) is 11.6. The zero-order chi connectivity index (χ0) is 12.2. The fourth-order valence-electron chi connectivity index (χ4n) is 1.39. The van der Waals surface area contributed by atoms with Crippen LogP contribution in [0.1, 0.15) is 45.6 Å². The van der Waals surface area contributed by atoms with Gasteiger partial charge in [-0.3, -0.25) is 0 Å². The normalized spacial score (nSPS) is 13.2. The van der Waals surface area contributed by atoms with Gasteiger partial charge in [0.25, 0.3) is 0 Å². The lowest BCUT2D eigenvalue weighted by molar-refractivity contribution is 0.442. The highest BCUT2D eigenvalue weighted by Crippen LogP contribution is 2.13. The van der Waals surface area contributed by atoms with Crippen LogP contribution in [0.2, 0.25) is 0 Å². The Bertz CT molecular complexity index is 355. The number of rotatable bonds is 4. The van der Waals surface area contributed by atoms with Gasteiger partial charge in [-0.05, 0) is 52.3 Å². The molecule has 90 valence electrons. The summed E-state index contributed by atoms with van der Waals surface area (Å²) in [5.41, 5.74) is 1.53. The minimum absolute atomic E-state index is 0.160. The minimum atomic E-state index is 0.160. The minimum Gasteiger partial charge on any atom is -0.462 e. The quantitative estimate of drug-likeness (QED) is 0.837. The highest BCUT2D eigenvalue weighted by atomic mass is 16.3. The molecule has 2 heteroatoms. The molecule has 16 heavy (non-hydrogen) atoms. The van der Waals surface area contributed by atoms with Crippen LogP contribution < -0.4 is 5.32 Å². The van der Waals surface area contributed by atoms with Gasteiger partial charge in [0.1, 0.15) is 11.5 Å². The molecule has 0 spiro atoms. The maximum atomic E-state index is 5.54. The van der Waals surface area contributed by atoms with Gasteiger partial charge in [-0.25, -0.2) is 0 Å². The van der Waals surface area contributed by atoms with E-state index < -0.39 is 0 Å². The van der Waals surface area contributed by atoms with Crippen LogP contribution in [0.3, 0.4) is 0 Å². The summed E-state index contributed by atoms with van der Waals surface area (Å²) in [5, 5.41) is 3.49. The molecule has 1 heterocycles. The highest BCUT2D eigenvalue weighted by molar-refractivity contribution is 5.48. The molecule has 0 amide bonds. The van der Waals surface area contributed by atoms with Crippen molar-refractivity contribution in [3.63, 3.8) is 0 Å². The van der Waals surface area contributed by atoms with Gasteiger partial charge in [0, 0.05) is 12.1 Å². The molecule has 0 aromatic carbocycles. The molecule has 0 unspecified atom stereocenters. The SMILES string of the molecule is CCC(=Cc1ccc(C)o1)CNC(C)(C)C. The second-order valence-electron chi connectivity index (χ2n) is 5.21. The van der Waals surface area contributed by atoms with E-state index in [0.717, 1.165) is 24.5 Å². The van der Waals surface area contributed by atoms with Crippen molar-refractivity contribution in [2.24, 2.45) is 0 Å². The molecular formula is C14H23NO. The summed E-state index contributed by atoms with van der Waals surface area (Å²) in [6, 6.07) is 4.01. The van der Waals surface area contributed by atoms with Crippen LogP contribution in [0.4, 0.5) is 0 Å². The van der Waals surface area contributed by atoms with Gasteiger partial charge in [-0.1, -0.05) is 12.5 Å². The van der Waals surface area contributed by atoms with Crippen LogP contribution in [-0.2, 0) is 0 Å². The molecule has 2 nitrogen and oxygen atoms in total. The van der Waals surface area contributed by atoms with Crippen LogP contribution in [0, 0.1) is 6.92 Å². The average molecular weight is 221 g/mol. The Kier molecular flexibility index (Phi) is 4.36. The Morgan fingerprint density at radius 2 is 2.06 bits per heavy atom. The molecule has 1 aromatic heterocycles. The van der Waals surface area contributed by atoms with Gasteiger partial charge in [-0.2, -0.15) is 0 Å². The monoisotopic (exact) mass is 221 g/mol. The molecule has 1 rings (SSSR count). The van der Waals surface area contributed by atoms with E-state index in [2.05, 4.69) is 39.1 Å². The third kappa shape index (κ3) is 4.67. The van der Waals surface area contributed by atoms with Crippen LogP contribution in [0.15, 0.2) is 22.1 Å². The predicted octanol–water partition coefficient (Wildman–Crippen LogP) is 3.77. The smallest absolute Gasteiger partial charge is 0.127 e. The number of nitrogens with one attached hydrogen (secondary N) is 1. The van der Waals surface area contributed by atoms with E-state index in [9.17, 15) is 0 Å². The Labute approximate surface area is 98.7 Å². The first-order valence-electron chi connectivity index (χ1n) is 5.91. The Morgan fingerprint density at radius 3 is 2.50 bits per heavy atom. The van der Waals surface area contributed by atoms with E-state index in [1.165, 1.54) is 5.57 Å². The molecular weight excluding hydrogens is 198 g/mol. The van der Waals surface area contributed by atoms with Gasteiger partial charge in [0.05, 0.1) is 0 Å². The third-order valence-electron chi connectivity index (χ3n) is 2.41. The number of hydrogen-bond donors (Lipinski definition) is 1. The van der Waals surface area contributed by atoms with Crippen molar-refractivity contribution in [1.29, 1.82) is 0 Å². The topological polar surface area (TPSA) is 25.2 Å². The molecule has 0 saturated heterocycles. The summed E-state index contributed by atoms with van der Waals surface area (Å²) < 4.78 is 5.54. The molecule has 0 bridgehead atoms. The van der Waals surface area contributed by atoms with Gasteiger partial charge >= 0.3 is 0 Å². The number of furan rings is 1. The zero-order valence-electron chi connectivity index (χ0n) is 11.1. The lowest BCUT2D eigenvalue weighted by atomic mass is 10.1.